The van der Waals surface area contributed by atoms with Crippen LogP contribution in [0.2, 0.25) is 0 Å². The van der Waals surface area contributed by atoms with Crippen LogP contribution in [-0.4, -0.2) is 5.11 Å². The second-order valence-corrected chi connectivity index (χ2v) is 2.38. The van der Waals surface area contributed by atoms with Crippen LogP contribution in [0.15, 0.2) is 42.5 Å². The number of allylic oxidation sites excluding steroid dienone is 1. The van der Waals surface area contributed by atoms with Gasteiger partial charge in [-0.1, -0.05) is 42.5 Å². The van der Waals surface area contributed by atoms with Crippen LogP contribution in [0.1, 0.15) is 18.6 Å². The highest BCUT2D eigenvalue weighted by atomic mass is 16.3. The molecule has 0 aliphatic rings. The minimum atomic E-state index is -0.457. The van der Waals surface area contributed by atoms with E-state index in [2.05, 4.69) is 0 Å². The van der Waals surface area contributed by atoms with Crippen molar-refractivity contribution in [3.05, 3.63) is 48.0 Å². The maximum atomic E-state index is 9.43. The molecule has 0 amide bonds. The van der Waals surface area contributed by atoms with Gasteiger partial charge in [0.25, 0.3) is 0 Å². The Morgan fingerprint density at radius 3 is 2.45 bits per heavy atom. The summed E-state index contributed by atoms with van der Waals surface area (Å²) in [5.74, 6) is 0. The van der Waals surface area contributed by atoms with E-state index in [1.165, 1.54) is 0 Å². The first-order valence-electron chi connectivity index (χ1n) is 3.70. The first-order valence-corrected chi connectivity index (χ1v) is 3.70. The summed E-state index contributed by atoms with van der Waals surface area (Å²) < 4.78 is 0. The molecule has 0 aromatic heterocycles. The van der Waals surface area contributed by atoms with Gasteiger partial charge >= 0.3 is 0 Å². The van der Waals surface area contributed by atoms with Crippen molar-refractivity contribution in [1.82, 2.24) is 0 Å². The Morgan fingerprint density at radius 2 is 1.91 bits per heavy atom. The third-order valence-electron chi connectivity index (χ3n) is 1.52. The quantitative estimate of drug-likeness (QED) is 0.638. The Kier molecular flexibility index (Phi) is 2.87. The molecule has 0 aliphatic heterocycles. The molecule has 1 rings (SSSR count). The minimum Gasteiger partial charge on any atom is -0.384 e. The predicted octanol–water partition coefficient (Wildman–Crippen LogP) is 2.30. The average Bonchev–Trinajstić information content (AvgIpc) is 2.07. The molecule has 11 heavy (non-hydrogen) atoms. The normalized spacial score (nSPS) is 13.6. The van der Waals surface area contributed by atoms with Crippen molar-refractivity contribution >= 4 is 0 Å². The van der Waals surface area contributed by atoms with Crippen LogP contribution in [0.4, 0.5) is 0 Å². The lowest BCUT2D eigenvalue weighted by atomic mass is 10.1. The lowest BCUT2D eigenvalue weighted by Gasteiger charge is -2.03. The summed E-state index contributed by atoms with van der Waals surface area (Å²) in [7, 11) is 0. The molecule has 1 aromatic carbocycles. The zero-order chi connectivity index (χ0) is 8.10. The highest BCUT2D eigenvalue weighted by Gasteiger charge is 1.99. The molecule has 1 N–H and O–H groups in total. The maximum absolute atomic E-state index is 9.43. The number of aliphatic hydroxyl groups excluding tert-OH is 1. The van der Waals surface area contributed by atoms with Crippen LogP contribution < -0.4 is 0 Å². The van der Waals surface area contributed by atoms with Crippen molar-refractivity contribution in [2.24, 2.45) is 0 Å². The van der Waals surface area contributed by atoms with Crippen molar-refractivity contribution < 1.29 is 5.11 Å². The van der Waals surface area contributed by atoms with Gasteiger partial charge in [-0.25, -0.2) is 0 Å². The molecule has 0 heterocycles. The molecule has 0 radical (unpaired) electrons. The summed E-state index contributed by atoms with van der Waals surface area (Å²) in [4.78, 5) is 0. The van der Waals surface area contributed by atoms with E-state index in [1.807, 2.05) is 43.3 Å². The van der Waals surface area contributed by atoms with Gasteiger partial charge in [-0.3, -0.25) is 0 Å². The molecule has 58 valence electrons. The van der Waals surface area contributed by atoms with Gasteiger partial charge in [-0.2, -0.15) is 0 Å². The van der Waals surface area contributed by atoms with Gasteiger partial charge in [-0.05, 0) is 12.5 Å². The summed E-state index contributed by atoms with van der Waals surface area (Å²) >= 11 is 0. The molecule has 1 atom stereocenters. The second kappa shape index (κ2) is 3.94. The SMILES string of the molecule is C/C=C\[C@@H](O)c1ccccc1. The summed E-state index contributed by atoms with van der Waals surface area (Å²) in [6.07, 6.45) is 3.15. The molecule has 0 saturated carbocycles. The van der Waals surface area contributed by atoms with Gasteiger partial charge in [0.15, 0.2) is 0 Å². The molecule has 1 aromatic rings. The molecule has 0 fully saturated rings. The van der Waals surface area contributed by atoms with Gasteiger partial charge in [0.05, 0.1) is 6.10 Å². The number of hydrogen-bond acceptors (Lipinski definition) is 1. The highest BCUT2D eigenvalue weighted by molar-refractivity contribution is 5.20. The first-order chi connectivity index (χ1) is 5.34. The molecular formula is C10H12O. The van der Waals surface area contributed by atoms with Crippen LogP contribution in [0.25, 0.3) is 0 Å². The van der Waals surface area contributed by atoms with E-state index in [-0.39, 0.29) is 0 Å². The van der Waals surface area contributed by atoms with Gasteiger partial charge in [-0.15, -0.1) is 0 Å². The van der Waals surface area contributed by atoms with E-state index in [0.717, 1.165) is 5.56 Å². The van der Waals surface area contributed by atoms with Crippen molar-refractivity contribution in [2.45, 2.75) is 13.0 Å². The highest BCUT2D eigenvalue weighted by Crippen LogP contribution is 2.12. The summed E-state index contributed by atoms with van der Waals surface area (Å²) in [5, 5.41) is 9.43. The molecule has 0 bridgehead atoms. The van der Waals surface area contributed by atoms with Crippen molar-refractivity contribution in [3.63, 3.8) is 0 Å². The average molecular weight is 148 g/mol. The van der Waals surface area contributed by atoms with Crippen molar-refractivity contribution in [1.29, 1.82) is 0 Å². The molecule has 1 nitrogen and oxygen atoms in total. The fourth-order valence-electron chi connectivity index (χ4n) is 0.944. The van der Waals surface area contributed by atoms with E-state index >= 15 is 0 Å². The van der Waals surface area contributed by atoms with E-state index in [0.29, 0.717) is 0 Å². The lowest BCUT2D eigenvalue weighted by Crippen LogP contribution is -1.90. The fourth-order valence-corrected chi connectivity index (χ4v) is 0.944. The number of aliphatic hydroxyl groups is 1. The van der Waals surface area contributed by atoms with Gasteiger partial charge in [0.1, 0.15) is 0 Å². The number of benzene rings is 1. The molecule has 0 unspecified atom stereocenters. The molecule has 1 heteroatoms. The second-order valence-electron chi connectivity index (χ2n) is 2.38. The lowest BCUT2D eigenvalue weighted by molar-refractivity contribution is 0.228. The van der Waals surface area contributed by atoms with Gasteiger partial charge in [0, 0.05) is 0 Å². The third kappa shape index (κ3) is 2.20. The topological polar surface area (TPSA) is 20.2 Å². The van der Waals surface area contributed by atoms with Gasteiger partial charge in [0.2, 0.25) is 0 Å². The standard InChI is InChI=1S/C10H12O/c1-2-6-10(11)9-7-4-3-5-8-9/h2-8,10-11H,1H3/b6-2-/t10-/m1/s1. The Labute approximate surface area is 67.0 Å². The van der Waals surface area contributed by atoms with Crippen molar-refractivity contribution in [2.75, 3.05) is 0 Å². The first kappa shape index (κ1) is 8.02. The van der Waals surface area contributed by atoms with Crippen LogP contribution in [0.5, 0.6) is 0 Å². The zero-order valence-electron chi connectivity index (χ0n) is 6.57. The maximum Gasteiger partial charge on any atom is 0.0971 e. The summed E-state index contributed by atoms with van der Waals surface area (Å²) in [6.45, 7) is 1.90. The van der Waals surface area contributed by atoms with Gasteiger partial charge < -0.3 is 5.11 Å². The van der Waals surface area contributed by atoms with E-state index in [4.69, 9.17) is 0 Å². The minimum absolute atomic E-state index is 0.457. The largest absolute Gasteiger partial charge is 0.384 e. The van der Waals surface area contributed by atoms with Crippen LogP contribution in [-0.2, 0) is 0 Å². The van der Waals surface area contributed by atoms with Crippen molar-refractivity contribution in [3.8, 4) is 0 Å². The van der Waals surface area contributed by atoms with E-state index in [9.17, 15) is 5.11 Å². The predicted molar refractivity (Wildman–Crippen MR) is 46.2 cm³/mol. The smallest absolute Gasteiger partial charge is 0.0971 e. The Hall–Kier alpha value is -1.08. The molecular weight excluding hydrogens is 136 g/mol. The Bertz CT molecular complexity index is 226. The molecule has 0 spiro atoms. The van der Waals surface area contributed by atoms with E-state index < -0.39 is 6.10 Å². The number of rotatable bonds is 2. The van der Waals surface area contributed by atoms with Crippen LogP contribution in [0, 0.1) is 0 Å². The van der Waals surface area contributed by atoms with Crippen LogP contribution in [0.3, 0.4) is 0 Å². The van der Waals surface area contributed by atoms with Crippen LogP contribution >= 0.6 is 0 Å². The zero-order valence-corrected chi connectivity index (χ0v) is 6.57. The Balaban J connectivity index is 2.76. The monoisotopic (exact) mass is 148 g/mol. The van der Waals surface area contributed by atoms with E-state index in [1.54, 1.807) is 6.08 Å². The summed E-state index contributed by atoms with van der Waals surface area (Å²) in [6, 6.07) is 9.59. The number of hydrogen-bond donors (Lipinski definition) is 1. The molecule has 0 saturated heterocycles. The summed E-state index contributed by atoms with van der Waals surface area (Å²) in [5.41, 5.74) is 0.936. The third-order valence-corrected chi connectivity index (χ3v) is 1.52. The molecule has 0 aliphatic carbocycles. The Morgan fingerprint density at radius 1 is 1.27 bits per heavy atom. The fraction of sp³-hybridized carbons (Fsp3) is 0.200.